The first kappa shape index (κ1) is 35.0. The molecule has 0 aliphatic carbocycles. The molecule has 6 heteroatoms. The number of anilines is 2. The number of benzene rings is 4. The highest BCUT2D eigenvalue weighted by atomic mass is 35.5. The molecule has 0 aliphatic heterocycles. The molecule has 0 N–H and O–H groups in total. The van der Waals surface area contributed by atoms with Crippen molar-refractivity contribution in [2.24, 2.45) is 0 Å². The third-order valence-corrected chi connectivity index (χ3v) is 7.14. The third-order valence-electron chi connectivity index (χ3n) is 6.89. The molecule has 0 amide bonds. The summed E-state index contributed by atoms with van der Waals surface area (Å²) in [6.07, 6.45) is 13.3. The van der Waals surface area contributed by atoms with Gasteiger partial charge in [-0.25, -0.2) is 0 Å². The largest absolute Gasteiger partial charge is 0.378 e. The van der Waals surface area contributed by atoms with Gasteiger partial charge in [-0.15, -0.1) is 0 Å². The van der Waals surface area contributed by atoms with Crippen molar-refractivity contribution in [1.82, 2.24) is 0 Å². The summed E-state index contributed by atoms with van der Waals surface area (Å²) in [6.45, 7) is 3.07. The van der Waals surface area contributed by atoms with E-state index >= 15 is 0 Å². The van der Waals surface area contributed by atoms with Crippen molar-refractivity contribution in [2.75, 3.05) is 37.5 Å². The molecule has 0 aromatic heterocycles. The van der Waals surface area contributed by atoms with E-state index in [0.717, 1.165) is 34.5 Å². The number of allylic oxidation sites excluding steroid dienone is 4. The van der Waals surface area contributed by atoms with Crippen LogP contribution in [0, 0.1) is 11.3 Å². The van der Waals surface area contributed by atoms with Gasteiger partial charge in [0.05, 0.1) is 11.6 Å². The molecule has 46 heavy (non-hydrogen) atoms. The smallest absolute Gasteiger partial charge is 0.178 e. The molecule has 0 heterocycles. The molecule has 0 unspecified atom stereocenters. The van der Waals surface area contributed by atoms with Crippen LogP contribution in [0.15, 0.2) is 121 Å². The summed E-state index contributed by atoms with van der Waals surface area (Å²) in [5.41, 5.74) is 6.72. The Morgan fingerprint density at radius 2 is 0.957 bits per heavy atom. The topological polar surface area (TPSA) is 64.4 Å². The van der Waals surface area contributed by atoms with Crippen LogP contribution >= 0.6 is 11.6 Å². The van der Waals surface area contributed by atoms with Gasteiger partial charge in [0.2, 0.25) is 0 Å². The minimum absolute atomic E-state index is 0.0466. The highest BCUT2D eigenvalue weighted by molar-refractivity contribution is 6.30. The molecule has 0 saturated carbocycles. The van der Waals surface area contributed by atoms with Crippen molar-refractivity contribution in [2.45, 2.75) is 6.92 Å². The van der Waals surface area contributed by atoms with Crippen LogP contribution in [0.3, 0.4) is 0 Å². The maximum Gasteiger partial charge on any atom is 0.178 e. The van der Waals surface area contributed by atoms with Crippen molar-refractivity contribution < 1.29 is 9.59 Å². The molecule has 0 radical (unpaired) electrons. The Labute approximate surface area is 277 Å². The molecular formula is C40H38ClN3O2. The van der Waals surface area contributed by atoms with E-state index in [-0.39, 0.29) is 11.6 Å². The van der Waals surface area contributed by atoms with Crippen molar-refractivity contribution in [3.63, 3.8) is 0 Å². The summed E-state index contributed by atoms with van der Waals surface area (Å²) < 4.78 is 0. The SMILES string of the molecule is CCN(C)c1ccc(C=CC(=O)C=Cc2ccc(Cl)cc2)cc1.CN(C)c1ccc(C=CC(=O)C=Cc2ccc(C#N)cc2)cc1. The van der Waals surface area contributed by atoms with Crippen LogP contribution in [-0.4, -0.2) is 39.3 Å². The third kappa shape index (κ3) is 12.3. The van der Waals surface area contributed by atoms with Gasteiger partial charge in [0.1, 0.15) is 0 Å². The Bertz CT molecular complexity index is 1730. The molecule has 0 saturated heterocycles. The number of halogens is 1. The lowest BCUT2D eigenvalue weighted by molar-refractivity contribution is -0.111. The first-order chi connectivity index (χ1) is 22.2. The number of hydrogen-bond acceptors (Lipinski definition) is 5. The zero-order chi connectivity index (χ0) is 33.3. The molecule has 0 aliphatic rings. The highest BCUT2D eigenvalue weighted by Crippen LogP contribution is 2.15. The predicted molar refractivity (Wildman–Crippen MR) is 195 cm³/mol. The fourth-order valence-corrected chi connectivity index (χ4v) is 4.10. The van der Waals surface area contributed by atoms with Gasteiger partial charge >= 0.3 is 0 Å². The van der Waals surface area contributed by atoms with Gasteiger partial charge in [0.15, 0.2) is 11.6 Å². The van der Waals surface area contributed by atoms with Gasteiger partial charge < -0.3 is 9.80 Å². The summed E-state index contributed by atoms with van der Waals surface area (Å²) in [5, 5.41) is 9.42. The summed E-state index contributed by atoms with van der Waals surface area (Å²) in [5.74, 6) is -0.124. The number of hydrogen-bond donors (Lipinski definition) is 0. The van der Waals surface area contributed by atoms with Gasteiger partial charge in [0.25, 0.3) is 0 Å². The lowest BCUT2D eigenvalue weighted by Crippen LogP contribution is -2.15. The van der Waals surface area contributed by atoms with E-state index in [1.165, 1.54) is 11.8 Å². The molecule has 0 atom stereocenters. The van der Waals surface area contributed by atoms with Crippen molar-refractivity contribution >= 4 is 58.8 Å². The van der Waals surface area contributed by atoms with Gasteiger partial charge in [-0.1, -0.05) is 84.4 Å². The first-order valence-electron chi connectivity index (χ1n) is 14.8. The average Bonchev–Trinajstić information content (AvgIpc) is 3.09. The van der Waals surface area contributed by atoms with E-state index in [4.69, 9.17) is 16.9 Å². The van der Waals surface area contributed by atoms with Crippen LogP contribution in [0.1, 0.15) is 34.7 Å². The molecule has 232 valence electrons. The Morgan fingerprint density at radius 3 is 1.30 bits per heavy atom. The second-order valence-corrected chi connectivity index (χ2v) is 11.0. The molecule has 0 fully saturated rings. The van der Waals surface area contributed by atoms with Gasteiger partial charge in [0, 0.05) is 44.1 Å². The highest BCUT2D eigenvalue weighted by Gasteiger charge is 1.98. The van der Waals surface area contributed by atoms with Crippen LogP contribution in [-0.2, 0) is 9.59 Å². The Balaban J connectivity index is 0.000000250. The van der Waals surface area contributed by atoms with Crippen LogP contribution in [0.25, 0.3) is 24.3 Å². The standard InChI is InChI=1S/C20H20ClNO.C20H18N2O/c1-3-22(2)19-12-6-17(7-13-19)9-15-20(23)14-8-16-4-10-18(21)11-5-16;1-22(2)19-11-7-17(8-12-19)10-14-20(23)13-9-16-3-5-18(15-21)6-4-16/h4-15H,3H2,1-2H3;3-14H,1-2H3. The molecule has 4 rings (SSSR count). The minimum Gasteiger partial charge on any atom is -0.378 e. The van der Waals surface area contributed by atoms with Crippen molar-refractivity contribution in [3.8, 4) is 6.07 Å². The number of carbonyl (C=O) groups is 2. The van der Waals surface area contributed by atoms with E-state index in [9.17, 15) is 9.59 Å². The predicted octanol–water partition coefficient (Wildman–Crippen LogP) is 9.01. The Hall–Kier alpha value is -5.44. The quantitative estimate of drug-likeness (QED) is 0.155. The van der Waals surface area contributed by atoms with Gasteiger partial charge in [-0.05, 0) is 102 Å². The van der Waals surface area contributed by atoms with Crippen molar-refractivity contribution in [3.05, 3.63) is 154 Å². The Kier molecular flexibility index (Phi) is 14.0. The van der Waals surface area contributed by atoms with Crippen LogP contribution in [0.4, 0.5) is 11.4 Å². The van der Waals surface area contributed by atoms with Crippen molar-refractivity contribution in [1.29, 1.82) is 5.26 Å². The molecule has 4 aromatic carbocycles. The fourth-order valence-electron chi connectivity index (χ4n) is 3.97. The summed E-state index contributed by atoms with van der Waals surface area (Å²) in [6, 6.07) is 32.6. The van der Waals surface area contributed by atoms with E-state index in [0.29, 0.717) is 10.6 Å². The number of nitriles is 1. The van der Waals surface area contributed by atoms with Crippen LogP contribution < -0.4 is 9.80 Å². The van der Waals surface area contributed by atoms with Gasteiger partial charge in [-0.2, -0.15) is 5.26 Å². The lowest BCUT2D eigenvalue weighted by Gasteiger charge is -2.16. The molecule has 0 spiro atoms. The average molecular weight is 628 g/mol. The molecule has 5 nitrogen and oxygen atoms in total. The Morgan fingerprint density at radius 1 is 0.609 bits per heavy atom. The second kappa shape index (κ2) is 18.4. The van der Waals surface area contributed by atoms with Crippen LogP contribution in [0.2, 0.25) is 5.02 Å². The molecule has 4 aromatic rings. The summed E-state index contributed by atoms with van der Waals surface area (Å²) >= 11 is 5.83. The van der Waals surface area contributed by atoms with E-state index < -0.39 is 0 Å². The monoisotopic (exact) mass is 627 g/mol. The maximum absolute atomic E-state index is 11.9. The molecule has 0 bridgehead atoms. The van der Waals surface area contributed by atoms with E-state index in [1.54, 1.807) is 60.7 Å². The van der Waals surface area contributed by atoms with Gasteiger partial charge in [-0.3, -0.25) is 9.59 Å². The van der Waals surface area contributed by atoms with Crippen LogP contribution in [0.5, 0.6) is 0 Å². The lowest BCUT2D eigenvalue weighted by atomic mass is 10.1. The maximum atomic E-state index is 11.9. The first-order valence-corrected chi connectivity index (χ1v) is 15.2. The zero-order valence-electron chi connectivity index (χ0n) is 26.6. The number of rotatable bonds is 11. The number of carbonyl (C=O) groups excluding carboxylic acids is 2. The number of nitrogens with zero attached hydrogens (tertiary/aromatic N) is 3. The zero-order valence-corrected chi connectivity index (χ0v) is 27.4. The van der Waals surface area contributed by atoms with E-state index in [1.807, 2.05) is 85.7 Å². The summed E-state index contributed by atoms with van der Waals surface area (Å²) in [7, 11) is 6.03. The normalized spacial score (nSPS) is 11.0. The summed E-state index contributed by atoms with van der Waals surface area (Å²) in [4.78, 5) is 27.9. The molecular weight excluding hydrogens is 590 g/mol. The fraction of sp³-hybridized carbons (Fsp3) is 0.125. The second-order valence-electron chi connectivity index (χ2n) is 10.5. The minimum atomic E-state index is -0.0777. The number of ketones is 2. The van der Waals surface area contributed by atoms with E-state index in [2.05, 4.69) is 37.1 Å².